The van der Waals surface area contributed by atoms with Crippen LogP contribution in [-0.4, -0.2) is 33.1 Å². The first-order valence-corrected chi connectivity index (χ1v) is 3.97. The van der Waals surface area contributed by atoms with Crippen molar-refractivity contribution >= 4 is 5.97 Å². The van der Waals surface area contributed by atoms with Crippen molar-refractivity contribution in [3.8, 4) is 0 Å². The van der Waals surface area contributed by atoms with Crippen LogP contribution in [0.1, 0.15) is 6.92 Å². The van der Waals surface area contributed by atoms with Crippen LogP contribution in [0, 0.1) is 0 Å². The Morgan fingerprint density at radius 1 is 1.23 bits per heavy atom. The van der Waals surface area contributed by atoms with E-state index < -0.39 is 11.9 Å². The Labute approximate surface area is 78.5 Å². The molecule has 0 bridgehead atoms. The van der Waals surface area contributed by atoms with Gasteiger partial charge < -0.3 is 4.74 Å². The predicted octanol–water partition coefficient (Wildman–Crippen LogP) is -0.625. The summed E-state index contributed by atoms with van der Waals surface area (Å²) < 4.78 is 5.08. The second-order valence-corrected chi connectivity index (χ2v) is 2.60. The summed E-state index contributed by atoms with van der Waals surface area (Å²) in [5.41, 5.74) is 0.352. The molecule has 0 aliphatic heterocycles. The number of carbonyl (C=O) groups excluding carboxylic acids is 1. The van der Waals surface area contributed by atoms with Crippen LogP contribution in [0.3, 0.4) is 0 Å². The first kappa shape index (κ1) is 12.1. The highest BCUT2D eigenvalue weighted by Crippen LogP contribution is 2.01. The molecule has 0 heterocycles. The quantitative estimate of drug-likeness (QED) is 0.304. The van der Waals surface area contributed by atoms with Crippen LogP contribution in [0.4, 0.5) is 0 Å². The highest BCUT2D eigenvalue weighted by molar-refractivity contribution is 5.87. The lowest BCUT2D eigenvalue weighted by Gasteiger charge is -2.31. The normalized spacial score (nSPS) is 11.1. The number of hydrogen-bond donors (Lipinski definition) is 3. The van der Waals surface area contributed by atoms with E-state index in [1.54, 1.807) is 28.1 Å². The summed E-state index contributed by atoms with van der Waals surface area (Å²) >= 11 is 0. The minimum atomic E-state index is -1.03. The lowest BCUT2D eigenvalue weighted by Crippen LogP contribution is -2.65. The van der Waals surface area contributed by atoms with Crippen molar-refractivity contribution in [1.29, 1.82) is 0 Å². The summed E-state index contributed by atoms with van der Waals surface area (Å²) in [5.74, 6) is -1.49. The van der Waals surface area contributed by atoms with E-state index in [0.717, 1.165) is 0 Å². The van der Waals surface area contributed by atoms with Gasteiger partial charge in [-0.15, -0.1) is 0 Å². The van der Waals surface area contributed by atoms with Gasteiger partial charge >= 0.3 is 5.97 Å². The molecule has 13 heavy (non-hydrogen) atoms. The van der Waals surface area contributed by atoms with Crippen molar-refractivity contribution in [3.63, 3.8) is 0 Å². The summed E-state index contributed by atoms with van der Waals surface area (Å²) in [6, 6.07) is 0. The summed E-state index contributed by atoms with van der Waals surface area (Å²) in [5, 5.41) is 8.38. The molecule has 0 unspecified atom stereocenters. The van der Waals surface area contributed by atoms with E-state index >= 15 is 0 Å². The fourth-order valence-corrected chi connectivity index (χ4v) is 0.754. The van der Waals surface area contributed by atoms with E-state index in [9.17, 15) is 4.79 Å². The topological polar surface area (TPSA) is 62.4 Å². The molecule has 76 valence electrons. The Bertz CT molecular complexity index is 191. The second-order valence-electron chi connectivity index (χ2n) is 2.60. The summed E-state index contributed by atoms with van der Waals surface area (Å²) in [4.78, 5) is 11.2. The van der Waals surface area contributed by atoms with Crippen LogP contribution in [0.2, 0.25) is 0 Å². The van der Waals surface area contributed by atoms with Crippen molar-refractivity contribution in [2.45, 2.75) is 12.9 Å². The minimum Gasteiger partial charge on any atom is -0.412 e. The molecular weight excluding hydrogens is 170 g/mol. The van der Waals surface area contributed by atoms with Gasteiger partial charge in [-0.25, -0.2) is 4.79 Å². The maximum absolute atomic E-state index is 11.2. The number of nitrogens with one attached hydrogen (secondary N) is 3. The molecule has 0 aromatic heterocycles. The molecule has 0 saturated carbocycles. The van der Waals surface area contributed by atoms with Gasteiger partial charge in [0.2, 0.25) is 0 Å². The molecule has 0 radical (unpaired) electrons. The highest BCUT2D eigenvalue weighted by Gasteiger charge is 2.28. The molecule has 0 aromatic rings. The van der Waals surface area contributed by atoms with Crippen molar-refractivity contribution in [3.05, 3.63) is 12.2 Å². The maximum Gasteiger partial charge on any atom is 0.336 e. The molecule has 0 saturated heterocycles. The maximum atomic E-state index is 11.2. The van der Waals surface area contributed by atoms with Gasteiger partial charge in [0.05, 0.1) is 0 Å². The van der Waals surface area contributed by atoms with E-state index in [1.165, 1.54) is 0 Å². The molecule has 3 N–H and O–H groups in total. The van der Waals surface area contributed by atoms with Crippen LogP contribution in [0.5, 0.6) is 0 Å². The third-order valence-electron chi connectivity index (χ3n) is 1.65. The largest absolute Gasteiger partial charge is 0.412 e. The van der Waals surface area contributed by atoms with Crippen molar-refractivity contribution in [1.82, 2.24) is 16.0 Å². The standard InChI is InChI=1S/C8H17N3O2/c1-6(2)7(12)13-8(9-3,10-4)11-5/h9-11H,1H2,2-5H3. The van der Waals surface area contributed by atoms with Gasteiger partial charge in [-0.1, -0.05) is 6.58 Å². The smallest absolute Gasteiger partial charge is 0.336 e. The predicted molar refractivity (Wildman–Crippen MR) is 50.8 cm³/mol. The van der Waals surface area contributed by atoms with Gasteiger partial charge in [-0.2, -0.15) is 0 Å². The fourth-order valence-electron chi connectivity index (χ4n) is 0.754. The molecule has 0 rings (SSSR count). The average Bonchev–Trinajstić information content (AvgIpc) is 2.14. The monoisotopic (exact) mass is 187 g/mol. The van der Waals surface area contributed by atoms with Gasteiger partial charge in [-0.3, -0.25) is 16.0 Å². The van der Waals surface area contributed by atoms with Crippen LogP contribution in [0.25, 0.3) is 0 Å². The third-order valence-corrected chi connectivity index (χ3v) is 1.65. The molecule has 0 spiro atoms. The summed E-state index contributed by atoms with van der Waals surface area (Å²) in [7, 11) is 5.00. The Balaban J connectivity index is 4.42. The van der Waals surface area contributed by atoms with E-state index in [2.05, 4.69) is 22.5 Å². The molecule has 5 nitrogen and oxygen atoms in total. The molecule has 0 aliphatic rings. The highest BCUT2D eigenvalue weighted by atomic mass is 16.6. The van der Waals surface area contributed by atoms with Gasteiger partial charge in [0.1, 0.15) is 0 Å². The summed E-state index contributed by atoms with van der Waals surface area (Å²) in [6.07, 6.45) is 0. The van der Waals surface area contributed by atoms with E-state index in [0.29, 0.717) is 5.57 Å². The first-order chi connectivity index (χ1) is 6.01. The lowest BCUT2D eigenvalue weighted by atomic mass is 10.4. The van der Waals surface area contributed by atoms with E-state index in [4.69, 9.17) is 4.74 Å². The van der Waals surface area contributed by atoms with E-state index in [1.807, 2.05) is 0 Å². The Morgan fingerprint density at radius 2 is 1.62 bits per heavy atom. The molecule has 0 atom stereocenters. The number of esters is 1. The molecule has 0 aliphatic carbocycles. The van der Waals surface area contributed by atoms with Gasteiger partial charge in [-0.05, 0) is 28.1 Å². The SMILES string of the molecule is C=C(C)C(=O)OC(NC)(NC)NC. The Hall–Kier alpha value is -0.910. The molecular formula is C8H17N3O2. The molecule has 0 amide bonds. The van der Waals surface area contributed by atoms with Crippen LogP contribution in [-0.2, 0) is 9.53 Å². The molecule has 0 aromatic carbocycles. The number of carbonyl (C=O) groups is 1. The number of hydrogen-bond acceptors (Lipinski definition) is 5. The number of ether oxygens (including phenoxy) is 1. The third kappa shape index (κ3) is 3.14. The minimum absolute atomic E-state index is 0.352. The average molecular weight is 187 g/mol. The fraction of sp³-hybridized carbons (Fsp3) is 0.625. The van der Waals surface area contributed by atoms with Crippen molar-refractivity contribution < 1.29 is 9.53 Å². The Morgan fingerprint density at radius 3 is 1.85 bits per heavy atom. The molecule has 0 fully saturated rings. The zero-order chi connectivity index (χ0) is 10.5. The van der Waals surface area contributed by atoms with Gasteiger partial charge in [0.25, 0.3) is 5.97 Å². The molecule has 5 heteroatoms. The van der Waals surface area contributed by atoms with Gasteiger partial charge in [0, 0.05) is 5.57 Å². The van der Waals surface area contributed by atoms with Crippen molar-refractivity contribution in [2.24, 2.45) is 0 Å². The van der Waals surface area contributed by atoms with Gasteiger partial charge in [0.15, 0.2) is 0 Å². The second kappa shape index (κ2) is 4.96. The van der Waals surface area contributed by atoms with Crippen LogP contribution in [0.15, 0.2) is 12.2 Å². The van der Waals surface area contributed by atoms with E-state index in [-0.39, 0.29) is 0 Å². The van der Waals surface area contributed by atoms with Crippen LogP contribution < -0.4 is 16.0 Å². The zero-order valence-electron chi connectivity index (χ0n) is 8.52. The lowest BCUT2D eigenvalue weighted by molar-refractivity contribution is -0.166. The zero-order valence-corrected chi connectivity index (χ0v) is 8.52. The van der Waals surface area contributed by atoms with Crippen molar-refractivity contribution in [2.75, 3.05) is 21.1 Å². The Kier molecular flexibility index (Phi) is 4.61. The van der Waals surface area contributed by atoms with Crippen LogP contribution >= 0.6 is 0 Å². The summed E-state index contributed by atoms with van der Waals surface area (Å²) in [6.45, 7) is 5.08. The first-order valence-electron chi connectivity index (χ1n) is 3.97. The number of rotatable bonds is 5.